The smallest absolute Gasteiger partial charge is 0.293 e. The van der Waals surface area contributed by atoms with Crippen LogP contribution in [0.2, 0.25) is 0 Å². The highest BCUT2D eigenvalue weighted by atomic mass is 16.6. The molecule has 0 spiro atoms. The molecule has 1 aliphatic heterocycles. The number of hydrogen-bond donors (Lipinski definition) is 1. The molecule has 1 aromatic rings. The van der Waals surface area contributed by atoms with E-state index in [1.54, 1.807) is 0 Å². The van der Waals surface area contributed by atoms with Crippen molar-refractivity contribution in [3.05, 3.63) is 33.9 Å². The molecule has 1 fully saturated rings. The number of amides is 1. The Kier molecular flexibility index (Phi) is 3.30. The minimum Gasteiger partial charge on any atom is -0.326 e. The highest BCUT2D eigenvalue weighted by molar-refractivity contribution is 6.00. The Morgan fingerprint density at radius 3 is 2.68 bits per heavy atom. The SMILES string of the molecule is CC(=O)c1ccc(N2CC(N)CC2=O)c([N+](=O)[O-])c1. The number of nitro groups is 1. The Bertz CT molecular complexity index is 570. The molecule has 100 valence electrons. The Labute approximate surface area is 109 Å². The van der Waals surface area contributed by atoms with E-state index in [-0.39, 0.29) is 47.6 Å². The van der Waals surface area contributed by atoms with Gasteiger partial charge in [-0.2, -0.15) is 0 Å². The predicted molar refractivity (Wildman–Crippen MR) is 68.0 cm³/mol. The molecule has 0 aliphatic carbocycles. The number of carbonyl (C=O) groups excluding carboxylic acids is 2. The molecule has 2 rings (SSSR count). The van der Waals surface area contributed by atoms with Crippen molar-refractivity contribution in [1.29, 1.82) is 0 Å². The van der Waals surface area contributed by atoms with Crippen molar-refractivity contribution >= 4 is 23.1 Å². The lowest BCUT2D eigenvalue weighted by atomic mass is 10.1. The molecule has 1 heterocycles. The van der Waals surface area contributed by atoms with E-state index in [2.05, 4.69) is 0 Å². The molecule has 1 amide bonds. The Morgan fingerprint density at radius 2 is 2.21 bits per heavy atom. The first-order chi connectivity index (χ1) is 8.90. The third-order valence-corrected chi connectivity index (χ3v) is 3.02. The van der Waals surface area contributed by atoms with Crippen LogP contribution < -0.4 is 10.6 Å². The van der Waals surface area contributed by atoms with Gasteiger partial charge in [0, 0.05) is 30.6 Å². The number of Topliss-reactive ketones (excluding diaryl/α,β-unsaturated/α-hetero) is 1. The molecular weight excluding hydrogens is 250 g/mol. The van der Waals surface area contributed by atoms with Crippen molar-refractivity contribution in [1.82, 2.24) is 0 Å². The lowest BCUT2D eigenvalue weighted by Gasteiger charge is -2.16. The molecule has 1 aromatic carbocycles. The zero-order valence-electron chi connectivity index (χ0n) is 10.3. The first-order valence-corrected chi connectivity index (χ1v) is 5.75. The highest BCUT2D eigenvalue weighted by Gasteiger charge is 2.32. The van der Waals surface area contributed by atoms with Crippen LogP contribution in [0, 0.1) is 10.1 Å². The summed E-state index contributed by atoms with van der Waals surface area (Å²) in [5, 5.41) is 11.1. The Balaban J connectivity index is 2.48. The topological polar surface area (TPSA) is 107 Å². The van der Waals surface area contributed by atoms with Crippen LogP contribution in [-0.2, 0) is 4.79 Å². The summed E-state index contributed by atoms with van der Waals surface area (Å²) in [5.41, 5.74) is 5.85. The summed E-state index contributed by atoms with van der Waals surface area (Å²) in [6.07, 6.45) is 0.172. The summed E-state index contributed by atoms with van der Waals surface area (Å²) in [7, 11) is 0. The maximum absolute atomic E-state index is 11.7. The summed E-state index contributed by atoms with van der Waals surface area (Å²) >= 11 is 0. The normalized spacial score (nSPS) is 18.7. The molecule has 0 radical (unpaired) electrons. The van der Waals surface area contributed by atoms with Crippen molar-refractivity contribution < 1.29 is 14.5 Å². The molecule has 0 saturated carbocycles. The maximum atomic E-state index is 11.7. The average Bonchev–Trinajstić information content (AvgIpc) is 2.67. The van der Waals surface area contributed by atoms with Gasteiger partial charge in [0.25, 0.3) is 5.69 Å². The third-order valence-electron chi connectivity index (χ3n) is 3.02. The monoisotopic (exact) mass is 263 g/mol. The van der Waals surface area contributed by atoms with Crippen molar-refractivity contribution in [3.8, 4) is 0 Å². The van der Waals surface area contributed by atoms with E-state index >= 15 is 0 Å². The second-order valence-corrected chi connectivity index (χ2v) is 4.49. The molecule has 7 nitrogen and oxygen atoms in total. The molecule has 7 heteroatoms. The fourth-order valence-electron chi connectivity index (χ4n) is 2.08. The van der Waals surface area contributed by atoms with Crippen LogP contribution in [0.4, 0.5) is 11.4 Å². The summed E-state index contributed by atoms with van der Waals surface area (Å²) in [6, 6.07) is 3.76. The van der Waals surface area contributed by atoms with Crippen LogP contribution in [0.1, 0.15) is 23.7 Å². The first kappa shape index (κ1) is 13.2. The molecule has 19 heavy (non-hydrogen) atoms. The van der Waals surface area contributed by atoms with E-state index in [9.17, 15) is 19.7 Å². The first-order valence-electron chi connectivity index (χ1n) is 5.75. The Hall–Kier alpha value is -2.28. The van der Waals surface area contributed by atoms with Crippen LogP contribution in [0.25, 0.3) is 0 Å². The number of nitrogens with two attached hydrogens (primary N) is 1. The molecule has 1 saturated heterocycles. The van der Waals surface area contributed by atoms with Gasteiger partial charge in [-0.25, -0.2) is 0 Å². The third kappa shape index (κ3) is 2.45. The fourth-order valence-corrected chi connectivity index (χ4v) is 2.08. The number of anilines is 1. The summed E-state index contributed by atoms with van der Waals surface area (Å²) in [4.78, 5) is 34.7. The number of ketones is 1. The number of benzene rings is 1. The molecule has 1 atom stereocenters. The standard InChI is InChI=1S/C12H13N3O4/c1-7(16)8-2-3-10(11(4-8)15(18)19)14-6-9(13)5-12(14)17/h2-4,9H,5-6,13H2,1H3. The van der Waals surface area contributed by atoms with E-state index in [1.807, 2.05) is 0 Å². The van der Waals surface area contributed by atoms with E-state index < -0.39 is 4.92 Å². The van der Waals surface area contributed by atoms with Gasteiger partial charge in [0.15, 0.2) is 5.78 Å². The second kappa shape index (κ2) is 4.77. The molecule has 0 aromatic heterocycles. The number of carbonyl (C=O) groups is 2. The van der Waals surface area contributed by atoms with E-state index in [0.29, 0.717) is 0 Å². The van der Waals surface area contributed by atoms with Crippen LogP contribution >= 0.6 is 0 Å². The average molecular weight is 263 g/mol. The molecule has 1 unspecified atom stereocenters. The number of rotatable bonds is 3. The lowest BCUT2D eigenvalue weighted by Crippen LogP contribution is -2.28. The molecule has 2 N–H and O–H groups in total. The van der Waals surface area contributed by atoms with Gasteiger partial charge in [-0.3, -0.25) is 19.7 Å². The van der Waals surface area contributed by atoms with Crippen LogP contribution in [-0.4, -0.2) is 29.2 Å². The largest absolute Gasteiger partial charge is 0.326 e. The van der Waals surface area contributed by atoms with Crippen molar-refractivity contribution in [2.24, 2.45) is 5.73 Å². The lowest BCUT2D eigenvalue weighted by molar-refractivity contribution is -0.384. The predicted octanol–water partition coefficient (Wildman–Crippen LogP) is 0.861. The van der Waals surface area contributed by atoms with E-state index in [4.69, 9.17) is 5.73 Å². The number of hydrogen-bond acceptors (Lipinski definition) is 5. The van der Waals surface area contributed by atoms with Gasteiger partial charge >= 0.3 is 0 Å². The maximum Gasteiger partial charge on any atom is 0.293 e. The minimum absolute atomic E-state index is 0.172. The minimum atomic E-state index is -0.598. The van der Waals surface area contributed by atoms with Gasteiger partial charge in [-0.1, -0.05) is 0 Å². The molecule has 0 bridgehead atoms. The van der Waals surface area contributed by atoms with Crippen LogP contribution in [0.3, 0.4) is 0 Å². The van der Waals surface area contributed by atoms with Crippen molar-refractivity contribution in [3.63, 3.8) is 0 Å². The zero-order chi connectivity index (χ0) is 14.2. The molecule has 1 aliphatic rings. The number of nitro benzene ring substituents is 1. The summed E-state index contributed by atoms with van der Waals surface area (Å²) in [6.45, 7) is 1.58. The Morgan fingerprint density at radius 1 is 1.53 bits per heavy atom. The highest BCUT2D eigenvalue weighted by Crippen LogP contribution is 2.32. The van der Waals surface area contributed by atoms with Gasteiger partial charge in [-0.15, -0.1) is 0 Å². The number of nitrogens with zero attached hydrogens (tertiary/aromatic N) is 2. The second-order valence-electron chi connectivity index (χ2n) is 4.49. The quantitative estimate of drug-likeness (QED) is 0.494. The molecular formula is C12H13N3O4. The van der Waals surface area contributed by atoms with Gasteiger partial charge < -0.3 is 10.6 Å². The zero-order valence-corrected chi connectivity index (χ0v) is 10.3. The summed E-state index contributed by atoms with van der Waals surface area (Å²) < 4.78 is 0. The summed E-state index contributed by atoms with van der Waals surface area (Å²) in [5.74, 6) is -0.509. The fraction of sp³-hybridized carbons (Fsp3) is 0.333. The van der Waals surface area contributed by atoms with Gasteiger partial charge in [-0.05, 0) is 19.1 Å². The van der Waals surface area contributed by atoms with Crippen LogP contribution in [0.15, 0.2) is 18.2 Å². The van der Waals surface area contributed by atoms with E-state index in [0.717, 1.165) is 0 Å². The van der Waals surface area contributed by atoms with Gasteiger partial charge in [0.2, 0.25) is 5.91 Å². The van der Waals surface area contributed by atoms with Crippen LogP contribution in [0.5, 0.6) is 0 Å². The van der Waals surface area contributed by atoms with Crippen molar-refractivity contribution in [2.75, 3.05) is 11.4 Å². The van der Waals surface area contributed by atoms with Gasteiger partial charge in [0.05, 0.1) is 4.92 Å². The van der Waals surface area contributed by atoms with Gasteiger partial charge in [0.1, 0.15) is 5.69 Å². The van der Waals surface area contributed by atoms with E-state index in [1.165, 1.54) is 30.0 Å². The van der Waals surface area contributed by atoms with Crippen molar-refractivity contribution in [2.45, 2.75) is 19.4 Å².